The van der Waals surface area contributed by atoms with Gasteiger partial charge in [0.1, 0.15) is 18.2 Å². The quantitative estimate of drug-likeness (QED) is 0.394. The van der Waals surface area contributed by atoms with Crippen LogP contribution in [0.2, 0.25) is 0 Å². The number of anilines is 1. The van der Waals surface area contributed by atoms with Gasteiger partial charge in [-0.15, -0.1) is 0 Å². The highest BCUT2D eigenvalue weighted by Crippen LogP contribution is 2.34. The van der Waals surface area contributed by atoms with Crippen LogP contribution in [0.15, 0.2) is 63.5 Å². The summed E-state index contributed by atoms with van der Waals surface area (Å²) in [5.41, 5.74) is 5.54. The van der Waals surface area contributed by atoms with Crippen molar-refractivity contribution in [2.75, 3.05) is 5.32 Å². The molecule has 0 radical (unpaired) electrons. The van der Waals surface area contributed by atoms with Crippen LogP contribution in [0.3, 0.4) is 0 Å². The molecule has 3 aromatic rings. The Morgan fingerprint density at radius 2 is 1.74 bits per heavy atom. The zero-order chi connectivity index (χ0) is 19.4. The summed E-state index contributed by atoms with van der Waals surface area (Å²) >= 11 is 7.14. The number of ether oxygens (including phenoxy) is 1. The third-order valence-corrected chi connectivity index (χ3v) is 5.50. The van der Waals surface area contributed by atoms with E-state index >= 15 is 0 Å². The van der Waals surface area contributed by atoms with Crippen molar-refractivity contribution in [1.82, 2.24) is 0 Å². The largest absolute Gasteiger partial charge is 0.487 e. The first-order valence-electron chi connectivity index (χ1n) is 8.59. The molecule has 0 amide bonds. The minimum atomic E-state index is -0.248. The summed E-state index contributed by atoms with van der Waals surface area (Å²) in [6.07, 6.45) is 0. The molecule has 0 atom stereocenters. The second-order valence-electron chi connectivity index (χ2n) is 6.39. The molecule has 2 nitrogen and oxygen atoms in total. The van der Waals surface area contributed by atoms with Gasteiger partial charge in [-0.2, -0.15) is 0 Å². The molecule has 3 rings (SSSR count). The molecule has 0 saturated heterocycles. The third kappa shape index (κ3) is 5.11. The van der Waals surface area contributed by atoms with Crippen LogP contribution >= 0.6 is 31.9 Å². The Hall–Kier alpha value is -1.85. The maximum Gasteiger partial charge on any atom is 0.139 e. The smallest absolute Gasteiger partial charge is 0.139 e. The average Bonchev–Trinajstić information content (AvgIpc) is 2.63. The molecule has 0 aliphatic heterocycles. The third-order valence-electron chi connectivity index (χ3n) is 4.46. The molecular weight excluding hydrogens is 473 g/mol. The summed E-state index contributed by atoms with van der Waals surface area (Å²) in [5.74, 6) is 0.530. The number of nitrogens with one attached hydrogen (secondary N) is 1. The molecule has 0 aliphatic rings. The molecule has 0 saturated carbocycles. The number of hydrogen-bond donors (Lipinski definition) is 1. The van der Waals surface area contributed by atoms with E-state index in [0.717, 1.165) is 31.5 Å². The minimum Gasteiger partial charge on any atom is -0.487 e. The van der Waals surface area contributed by atoms with E-state index in [-0.39, 0.29) is 5.82 Å². The van der Waals surface area contributed by atoms with Crippen LogP contribution in [-0.2, 0) is 13.2 Å². The summed E-state index contributed by atoms with van der Waals surface area (Å²) in [4.78, 5) is 0. The summed E-state index contributed by atoms with van der Waals surface area (Å²) in [5, 5.41) is 3.50. The normalized spacial score (nSPS) is 10.7. The molecule has 27 heavy (non-hydrogen) atoms. The fourth-order valence-electron chi connectivity index (χ4n) is 2.78. The molecule has 0 aromatic heterocycles. The van der Waals surface area contributed by atoms with E-state index in [1.807, 2.05) is 18.2 Å². The van der Waals surface area contributed by atoms with Crippen LogP contribution in [0.4, 0.5) is 10.1 Å². The Labute approximate surface area is 176 Å². The lowest BCUT2D eigenvalue weighted by Gasteiger charge is -2.17. The Balaban J connectivity index is 1.79. The number of hydrogen-bond acceptors (Lipinski definition) is 2. The summed E-state index contributed by atoms with van der Waals surface area (Å²) in [7, 11) is 0. The molecule has 0 spiro atoms. The van der Waals surface area contributed by atoms with E-state index in [1.165, 1.54) is 23.3 Å². The number of aryl methyl sites for hydroxylation is 1. The van der Waals surface area contributed by atoms with Gasteiger partial charge in [-0.1, -0.05) is 40.2 Å². The van der Waals surface area contributed by atoms with E-state index in [4.69, 9.17) is 4.74 Å². The standard InChI is InChI=1S/C22H20Br2FNO/c1-14-4-3-5-21(15(14)2)26-12-17-10-18(23)11-20(24)22(17)27-13-16-6-8-19(25)9-7-16/h3-11,26H,12-13H2,1-2H3. The highest BCUT2D eigenvalue weighted by molar-refractivity contribution is 9.11. The number of benzene rings is 3. The second-order valence-corrected chi connectivity index (χ2v) is 8.16. The first-order chi connectivity index (χ1) is 12.9. The van der Waals surface area contributed by atoms with Crippen molar-refractivity contribution in [3.63, 3.8) is 0 Å². The van der Waals surface area contributed by atoms with E-state index in [9.17, 15) is 4.39 Å². The predicted octanol–water partition coefficient (Wildman–Crippen LogP) is 7.16. The lowest BCUT2D eigenvalue weighted by atomic mass is 10.1. The highest BCUT2D eigenvalue weighted by atomic mass is 79.9. The maximum atomic E-state index is 13.1. The van der Waals surface area contributed by atoms with Gasteiger partial charge in [-0.05, 0) is 76.8 Å². The van der Waals surface area contributed by atoms with Crippen molar-refractivity contribution >= 4 is 37.5 Å². The maximum absolute atomic E-state index is 13.1. The topological polar surface area (TPSA) is 21.3 Å². The van der Waals surface area contributed by atoms with Crippen molar-refractivity contribution in [3.05, 3.63) is 91.6 Å². The van der Waals surface area contributed by atoms with Gasteiger partial charge in [0.05, 0.1) is 4.47 Å². The Morgan fingerprint density at radius 3 is 2.48 bits per heavy atom. The van der Waals surface area contributed by atoms with Crippen molar-refractivity contribution < 1.29 is 9.13 Å². The molecular formula is C22H20Br2FNO. The molecule has 1 N–H and O–H groups in total. The van der Waals surface area contributed by atoms with Gasteiger partial charge in [-0.25, -0.2) is 4.39 Å². The first kappa shape index (κ1) is 19.9. The van der Waals surface area contributed by atoms with Crippen LogP contribution in [-0.4, -0.2) is 0 Å². The molecule has 0 bridgehead atoms. The molecule has 0 aliphatic carbocycles. The van der Waals surface area contributed by atoms with Crippen molar-refractivity contribution in [2.24, 2.45) is 0 Å². The van der Waals surface area contributed by atoms with Gasteiger partial charge in [0.15, 0.2) is 0 Å². The van der Waals surface area contributed by atoms with Crippen LogP contribution in [0.5, 0.6) is 5.75 Å². The van der Waals surface area contributed by atoms with Gasteiger partial charge in [-0.3, -0.25) is 0 Å². The lowest BCUT2D eigenvalue weighted by molar-refractivity contribution is 0.301. The van der Waals surface area contributed by atoms with Gasteiger partial charge in [0, 0.05) is 22.3 Å². The fourth-order valence-corrected chi connectivity index (χ4v) is 4.20. The second kappa shape index (κ2) is 8.89. The van der Waals surface area contributed by atoms with Gasteiger partial charge >= 0.3 is 0 Å². The minimum absolute atomic E-state index is 0.248. The highest BCUT2D eigenvalue weighted by Gasteiger charge is 2.12. The van der Waals surface area contributed by atoms with Gasteiger partial charge in [0.2, 0.25) is 0 Å². The van der Waals surface area contributed by atoms with Crippen molar-refractivity contribution in [1.29, 1.82) is 0 Å². The van der Waals surface area contributed by atoms with Crippen LogP contribution in [0.1, 0.15) is 22.3 Å². The molecule has 3 aromatic carbocycles. The lowest BCUT2D eigenvalue weighted by Crippen LogP contribution is -2.06. The molecule has 0 unspecified atom stereocenters. The Kier molecular flexibility index (Phi) is 6.55. The van der Waals surface area contributed by atoms with Crippen LogP contribution in [0.25, 0.3) is 0 Å². The van der Waals surface area contributed by atoms with Crippen molar-refractivity contribution in [3.8, 4) is 5.75 Å². The van der Waals surface area contributed by atoms with E-state index < -0.39 is 0 Å². The zero-order valence-electron chi connectivity index (χ0n) is 15.2. The summed E-state index contributed by atoms with van der Waals surface area (Å²) < 4.78 is 21.0. The van der Waals surface area contributed by atoms with E-state index in [0.29, 0.717) is 13.2 Å². The Morgan fingerprint density at radius 1 is 1.00 bits per heavy atom. The van der Waals surface area contributed by atoms with E-state index in [2.05, 4.69) is 63.2 Å². The van der Waals surface area contributed by atoms with Gasteiger partial charge < -0.3 is 10.1 Å². The Bertz CT molecular complexity index is 942. The summed E-state index contributed by atoms with van der Waals surface area (Å²) in [6.45, 7) is 5.21. The SMILES string of the molecule is Cc1cccc(NCc2cc(Br)cc(Br)c2OCc2ccc(F)cc2)c1C. The van der Waals surface area contributed by atoms with E-state index in [1.54, 1.807) is 12.1 Å². The molecule has 5 heteroatoms. The molecule has 140 valence electrons. The predicted molar refractivity (Wildman–Crippen MR) is 116 cm³/mol. The molecule has 0 heterocycles. The van der Waals surface area contributed by atoms with Crippen LogP contribution in [0, 0.1) is 19.7 Å². The summed E-state index contributed by atoms with van der Waals surface area (Å²) in [6, 6.07) is 16.6. The number of halogens is 3. The van der Waals surface area contributed by atoms with Crippen LogP contribution < -0.4 is 10.1 Å². The van der Waals surface area contributed by atoms with Crippen molar-refractivity contribution in [2.45, 2.75) is 27.0 Å². The monoisotopic (exact) mass is 491 g/mol. The van der Waals surface area contributed by atoms with Gasteiger partial charge in [0.25, 0.3) is 0 Å². The fraction of sp³-hybridized carbons (Fsp3) is 0.182. The first-order valence-corrected chi connectivity index (χ1v) is 10.2. The number of rotatable bonds is 6. The average molecular weight is 493 g/mol. The molecule has 0 fully saturated rings. The zero-order valence-corrected chi connectivity index (χ0v) is 18.3.